The number of hydrogen-bond acceptors (Lipinski definition) is 6. The highest BCUT2D eigenvalue weighted by Crippen LogP contribution is 2.31. The standard InChI is InChI=1S/C18H14ClN5O3/c19-14-4-2-1-3-12(14)18-13-9-11(24(26)27)5-6-15(13)23-16(7-8-25)21-22-17(23)10-20-18/h1-6,9,25H,7-8,10H2. The van der Waals surface area contributed by atoms with E-state index >= 15 is 0 Å². The molecular formula is C18H14ClN5O3. The Balaban J connectivity index is 2.00. The van der Waals surface area contributed by atoms with Crippen LogP contribution in [0, 0.1) is 10.1 Å². The summed E-state index contributed by atoms with van der Waals surface area (Å²) in [4.78, 5) is 15.5. The number of benzene rings is 2. The van der Waals surface area contributed by atoms with Gasteiger partial charge in [-0.3, -0.25) is 19.7 Å². The number of non-ortho nitro benzene ring substituents is 1. The number of fused-ring (bicyclic) bond motifs is 3. The van der Waals surface area contributed by atoms with Crippen molar-refractivity contribution in [2.75, 3.05) is 6.61 Å². The summed E-state index contributed by atoms with van der Waals surface area (Å²) in [5, 5.41) is 29.4. The molecule has 4 rings (SSSR count). The van der Waals surface area contributed by atoms with Crippen molar-refractivity contribution < 1.29 is 10.0 Å². The maximum atomic E-state index is 11.3. The van der Waals surface area contributed by atoms with Crippen molar-refractivity contribution in [3.8, 4) is 5.69 Å². The summed E-state index contributed by atoms with van der Waals surface area (Å²) in [6, 6.07) is 11.8. The molecule has 8 nitrogen and oxygen atoms in total. The van der Waals surface area contributed by atoms with E-state index in [9.17, 15) is 15.2 Å². The highest BCUT2D eigenvalue weighted by molar-refractivity contribution is 6.35. The number of halogens is 1. The molecule has 0 fully saturated rings. The average Bonchev–Trinajstić information content (AvgIpc) is 2.98. The van der Waals surface area contributed by atoms with E-state index in [0.717, 1.165) is 0 Å². The van der Waals surface area contributed by atoms with Crippen LogP contribution < -0.4 is 0 Å². The molecule has 27 heavy (non-hydrogen) atoms. The number of nitro groups is 1. The first-order valence-electron chi connectivity index (χ1n) is 8.22. The highest BCUT2D eigenvalue weighted by atomic mass is 35.5. The lowest BCUT2D eigenvalue weighted by Crippen LogP contribution is -2.11. The predicted octanol–water partition coefficient (Wildman–Crippen LogP) is 2.71. The topological polar surface area (TPSA) is 106 Å². The molecular weight excluding hydrogens is 370 g/mol. The number of aliphatic hydroxyl groups is 1. The number of nitrogens with zero attached hydrogens (tertiary/aromatic N) is 5. The minimum atomic E-state index is -0.447. The maximum Gasteiger partial charge on any atom is 0.270 e. The maximum absolute atomic E-state index is 11.3. The molecule has 0 aliphatic carbocycles. The number of aliphatic imine (C=N–C) groups is 1. The Kier molecular flexibility index (Phi) is 4.43. The van der Waals surface area contributed by atoms with Gasteiger partial charge in [0, 0.05) is 34.7 Å². The first kappa shape index (κ1) is 17.3. The fraction of sp³-hybridized carbons (Fsp3) is 0.167. The Hall–Kier alpha value is -3.10. The minimum Gasteiger partial charge on any atom is -0.396 e. The van der Waals surface area contributed by atoms with Gasteiger partial charge >= 0.3 is 0 Å². The zero-order chi connectivity index (χ0) is 19.0. The van der Waals surface area contributed by atoms with Crippen LogP contribution in [0.15, 0.2) is 47.5 Å². The lowest BCUT2D eigenvalue weighted by atomic mass is 9.99. The first-order chi connectivity index (χ1) is 13.1. The highest BCUT2D eigenvalue weighted by Gasteiger charge is 2.25. The van der Waals surface area contributed by atoms with Gasteiger partial charge in [-0.1, -0.05) is 29.8 Å². The molecule has 2 aromatic carbocycles. The molecule has 0 unspecified atom stereocenters. The number of hydrogen-bond donors (Lipinski definition) is 1. The van der Waals surface area contributed by atoms with E-state index in [0.29, 0.717) is 45.6 Å². The van der Waals surface area contributed by atoms with Crippen LogP contribution in [0.1, 0.15) is 22.8 Å². The van der Waals surface area contributed by atoms with Crippen LogP contribution >= 0.6 is 11.6 Å². The fourth-order valence-electron chi connectivity index (χ4n) is 3.14. The summed E-state index contributed by atoms with van der Waals surface area (Å²) < 4.78 is 1.79. The van der Waals surface area contributed by atoms with E-state index in [1.807, 2.05) is 18.2 Å². The van der Waals surface area contributed by atoms with E-state index in [2.05, 4.69) is 15.2 Å². The van der Waals surface area contributed by atoms with Gasteiger partial charge in [-0.15, -0.1) is 10.2 Å². The number of nitro benzene ring substituents is 1. The molecule has 3 aromatic rings. The SMILES string of the molecule is O=[N+]([O-])c1ccc2c(c1)C(c1ccccc1Cl)=NCc1nnc(CCO)n1-2. The quantitative estimate of drug-likeness (QED) is 0.550. The Morgan fingerprint density at radius 2 is 2.00 bits per heavy atom. The summed E-state index contributed by atoms with van der Waals surface area (Å²) in [7, 11) is 0. The summed E-state index contributed by atoms with van der Waals surface area (Å²) in [6.07, 6.45) is 0.310. The third kappa shape index (κ3) is 2.98. The van der Waals surface area contributed by atoms with Gasteiger partial charge in [0.25, 0.3) is 5.69 Å². The van der Waals surface area contributed by atoms with Crippen LogP contribution in [0.3, 0.4) is 0 Å². The molecule has 1 aliphatic heterocycles. The van der Waals surface area contributed by atoms with Gasteiger partial charge in [0.05, 0.1) is 22.9 Å². The molecule has 9 heteroatoms. The van der Waals surface area contributed by atoms with Gasteiger partial charge in [0.2, 0.25) is 0 Å². The Morgan fingerprint density at radius 1 is 1.19 bits per heavy atom. The second kappa shape index (κ2) is 6.90. The summed E-state index contributed by atoms with van der Waals surface area (Å²) in [6.45, 7) is 0.153. The molecule has 0 atom stereocenters. The molecule has 0 saturated heterocycles. The van der Waals surface area contributed by atoms with Crippen LogP contribution in [0.4, 0.5) is 5.69 Å². The lowest BCUT2D eigenvalue weighted by molar-refractivity contribution is -0.384. The smallest absolute Gasteiger partial charge is 0.270 e. The predicted molar refractivity (Wildman–Crippen MR) is 99.6 cm³/mol. The Bertz CT molecular complexity index is 1080. The lowest BCUT2D eigenvalue weighted by Gasteiger charge is -2.13. The zero-order valence-electron chi connectivity index (χ0n) is 14.0. The monoisotopic (exact) mass is 383 g/mol. The van der Waals surface area contributed by atoms with Crippen molar-refractivity contribution in [1.82, 2.24) is 14.8 Å². The molecule has 0 amide bonds. The second-order valence-electron chi connectivity index (χ2n) is 5.94. The van der Waals surface area contributed by atoms with Crippen molar-refractivity contribution in [2.45, 2.75) is 13.0 Å². The molecule has 0 radical (unpaired) electrons. The summed E-state index contributed by atoms with van der Waals surface area (Å²) in [5.41, 5.74) is 2.42. The van der Waals surface area contributed by atoms with Crippen LogP contribution in [-0.2, 0) is 13.0 Å². The van der Waals surface area contributed by atoms with Crippen molar-refractivity contribution in [3.05, 3.63) is 80.4 Å². The molecule has 2 heterocycles. The van der Waals surface area contributed by atoms with Crippen molar-refractivity contribution in [3.63, 3.8) is 0 Å². The molecule has 1 aromatic heterocycles. The van der Waals surface area contributed by atoms with Crippen LogP contribution in [0.5, 0.6) is 0 Å². The van der Waals surface area contributed by atoms with Gasteiger partial charge in [0.15, 0.2) is 5.82 Å². The van der Waals surface area contributed by atoms with Gasteiger partial charge in [-0.2, -0.15) is 0 Å². The van der Waals surface area contributed by atoms with Gasteiger partial charge in [-0.05, 0) is 12.1 Å². The molecule has 0 spiro atoms. The average molecular weight is 384 g/mol. The van der Waals surface area contributed by atoms with E-state index in [-0.39, 0.29) is 18.8 Å². The number of aromatic nitrogens is 3. The normalized spacial score (nSPS) is 12.7. The summed E-state index contributed by atoms with van der Waals surface area (Å²) >= 11 is 6.36. The van der Waals surface area contributed by atoms with Crippen molar-refractivity contribution in [1.29, 1.82) is 0 Å². The Morgan fingerprint density at radius 3 is 2.74 bits per heavy atom. The molecule has 0 saturated carbocycles. The van der Waals surface area contributed by atoms with E-state index < -0.39 is 4.92 Å². The van der Waals surface area contributed by atoms with Crippen LogP contribution in [-0.4, -0.2) is 37.1 Å². The summed E-state index contributed by atoms with van der Waals surface area (Å²) in [5.74, 6) is 1.16. The third-order valence-electron chi connectivity index (χ3n) is 4.33. The van der Waals surface area contributed by atoms with Gasteiger partial charge < -0.3 is 5.11 Å². The minimum absolute atomic E-state index is 0.0475. The molecule has 1 N–H and O–H groups in total. The number of aliphatic hydroxyl groups excluding tert-OH is 1. The van der Waals surface area contributed by atoms with E-state index in [1.165, 1.54) is 12.1 Å². The molecule has 1 aliphatic rings. The van der Waals surface area contributed by atoms with Gasteiger partial charge in [-0.25, -0.2) is 0 Å². The van der Waals surface area contributed by atoms with E-state index in [4.69, 9.17) is 11.6 Å². The first-order valence-corrected chi connectivity index (χ1v) is 8.60. The van der Waals surface area contributed by atoms with Crippen LogP contribution in [0.25, 0.3) is 5.69 Å². The Labute approximate surface area is 158 Å². The van der Waals surface area contributed by atoms with Crippen molar-refractivity contribution >= 4 is 23.0 Å². The van der Waals surface area contributed by atoms with E-state index in [1.54, 1.807) is 16.7 Å². The third-order valence-corrected chi connectivity index (χ3v) is 4.66. The van der Waals surface area contributed by atoms with Gasteiger partial charge in [0.1, 0.15) is 12.4 Å². The molecule has 0 bridgehead atoms. The largest absolute Gasteiger partial charge is 0.396 e. The molecule has 136 valence electrons. The zero-order valence-corrected chi connectivity index (χ0v) is 14.8. The second-order valence-corrected chi connectivity index (χ2v) is 6.35. The van der Waals surface area contributed by atoms with Crippen LogP contribution in [0.2, 0.25) is 5.02 Å². The number of rotatable bonds is 4. The fourth-order valence-corrected chi connectivity index (χ4v) is 3.36. The van der Waals surface area contributed by atoms with Crippen molar-refractivity contribution in [2.24, 2.45) is 4.99 Å².